The van der Waals surface area contributed by atoms with Gasteiger partial charge in [0.1, 0.15) is 6.61 Å². The van der Waals surface area contributed by atoms with Gasteiger partial charge in [-0.1, -0.05) is 30.3 Å². The number of rotatable bonds is 3. The Morgan fingerprint density at radius 1 is 1.35 bits per heavy atom. The van der Waals surface area contributed by atoms with Crippen molar-refractivity contribution in [3.05, 3.63) is 62.5 Å². The summed E-state index contributed by atoms with van der Waals surface area (Å²) in [6.45, 7) is 0.347. The van der Waals surface area contributed by atoms with Crippen molar-refractivity contribution in [2.24, 2.45) is 0 Å². The van der Waals surface area contributed by atoms with Crippen molar-refractivity contribution in [1.29, 1.82) is 0 Å². The molecule has 0 bridgehead atoms. The van der Waals surface area contributed by atoms with Crippen molar-refractivity contribution in [3.8, 4) is 5.75 Å². The molecule has 136 valence electrons. The monoisotopic (exact) mass is 420 g/mol. The zero-order chi connectivity index (χ0) is 20.1. The number of halogens is 1. The minimum Gasteiger partial charge on any atom is -0.483 e. The smallest absolute Gasteiger partial charge is 0.276 e. The molecule has 2 atom stereocenters. The van der Waals surface area contributed by atoms with Crippen molar-refractivity contribution >= 4 is 21.8 Å². The number of hydrogen-bond acceptors (Lipinski definition) is 4. The molecule has 1 aromatic heterocycles. The standard InChI is InChI=1S/C19H19BrN2O4/c1-12-7-8-25-15-10-21-9-14(20)17(23)18(16(21)19(24)22(12)15)26-11-13-5-3-2-4-6-13/h2-6,9,12,15H,7-8,10-11H2,1H3/t12-,15+/m1/s1/i8D2. The third kappa shape index (κ3) is 2.95. The summed E-state index contributed by atoms with van der Waals surface area (Å²) in [5, 5.41) is 0. The highest BCUT2D eigenvalue weighted by Crippen LogP contribution is 2.30. The number of aromatic nitrogens is 1. The Labute approximate surface area is 162 Å². The molecule has 26 heavy (non-hydrogen) atoms. The van der Waals surface area contributed by atoms with Crippen molar-refractivity contribution in [2.75, 3.05) is 6.56 Å². The lowest BCUT2D eigenvalue weighted by Gasteiger charge is -2.44. The summed E-state index contributed by atoms with van der Waals surface area (Å²) in [5.41, 5.74) is 0.651. The molecule has 1 aromatic carbocycles. The van der Waals surface area contributed by atoms with E-state index in [-0.39, 0.29) is 41.5 Å². The van der Waals surface area contributed by atoms with E-state index in [1.54, 1.807) is 11.5 Å². The van der Waals surface area contributed by atoms with Gasteiger partial charge in [0.2, 0.25) is 5.43 Å². The lowest BCUT2D eigenvalue weighted by atomic mass is 10.1. The molecule has 1 amide bonds. The van der Waals surface area contributed by atoms with E-state index in [2.05, 4.69) is 15.9 Å². The quantitative estimate of drug-likeness (QED) is 0.765. The molecule has 0 saturated carbocycles. The zero-order valence-corrected chi connectivity index (χ0v) is 15.7. The number of carbonyl (C=O) groups is 1. The van der Waals surface area contributed by atoms with Crippen LogP contribution in [0.1, 0.15) is 32.1 Å². The van der Waals surface area contributed by atoms with Crippen LogP contribution in [0.3, 0.4) is 0 Å². The van der Waals surface area contributed by atoms with E-state index in [0.717, 1.165) is 5.56 Å². The molecule has 1 saturated heterocycles. The summed E-state index contributed by atoms with van der Waals surface area (Å²) >= 11 is 3.24. The lowest BCUT2D eigenvalue weighted by Crippen LogP contribution is -2.57. The van der Waals surface area contributed by atoms with E-state index in [1.807, 2.05) is 30.3 Å². The average molecular weight is 421 g/mol. The van der Waals surface area contributed by atoms with Gasteiger partial charge in [0, 0.05) is 12.2 Å². The van der Waals surface area contributed by atoms with Crippen LogP contribution >= 0.6 is 15.9 Å². The molecule has 3 heterocycles. The number of fused-ring (bicyclic) bond motifs is 2. The van der Waals surface area contributed by atoms with Crippen molar-refractivity contribution in [2.45, 2.75) is 38.8 Å². The topological polar surface area (TPSA) is 60.8 Å². The normalized spacial score (nSPS) is 25.0. The molecular weight excluding hydrogens is 400 g/mol. The van der Waals surface area contributed by atoms with Gasteiger partial charge in [0.15, 0.2) is 17.7 Å². The largest absolute Gasteiger partial charge is 0.483 e. The molecule has 1 fully saturated rings. The maximum atomic E-state index is 13.2. The molecule has 6 nitrogen and oxygen atoms in total. The number of benzene rings is 1. The van der Waals surface area contributed by atoms with Gasteiger partial charge >= 0.3 is 0 Å². The van der Waals surface area contributed by atoms with Crippen molar-refractivity contribution < 1.29 is 17.0 Å². The molecule has 2 aromatic rings. The zero-order valence-electron chi connectivity index (χ0n) is 16.1. The van der Waals surface area contributed by atoms with E-state index in [1.165, 1.54) is 11.1 Å². The van der Waals surface area contributed by atoms with Gasteiger partial charge in [0.25, 0.3) is 5.91 Å². The van der Waals surface area contributed by atoms with E-state index in [4.69, 9.17) is 12.2 Å². The Balaban J connectivity index is 1.74. The van der Waals surface area contributed by atoms with Gasteiger partial charge in [-0.15, -0.1) is 0 Å². The highest BCUT2D eigenvalue weighted by atomic mass is 79.9. The molecule has 7 heteroatoms. The molecule has 0 aliphatic carbocycles. The fraction of sp³-hybridized carbons (Fsp3) is 0.368. The van der Waals surface area contributed by atoms with Crippen LogP contribution in [-0.4, -0.2) is 34.2 Å². The minimum absolute atomic E-state index is 0.0116. The molecule has 0 N–H and O–H groups in total. The Morgan fingerprint density at radius 2 is 2.12 bits per heavy atom. The Bertz CT molecular complexity index is 980. The van der Waals surface area contributed by atoms with E-state index in [0.29, 0.717) is 0 Å². The second-order valence-electron chi connectivity index (χ2n) is 6.39. The van der Waals surface area contributed by atoms with Crippen LogP contribution < -0.4 is 10.2 Å². The molecule has 4 rings (SSSR count). The number of carbonyl (C=O) groups excluding carboxylic acids is 1. The van der Waals surface area contributed by atoms with Crippen LogP contribution in [0.5, 0.6) is 5.75 Å². The van der Waals surface area contributed by atoms with Gasteiger partial charge in [-0.3, -0.25) is 9.59 Å². The van der Waals surface area contributed by atoms with Crippen molar-refractivity contribution in [1.82, 2.24) is 9.47 Å². The first-order valence-electron chi connectivity index (χ1n) is 9.37. The first-order chi connectivity index (χ1) is 13.3. The minimum atomic E-state index is -1.80. The van der Waals surface area contributed by atoms with Gasteiger partial charge < -0.3 is 18.9 Å². The predicted molar refractivity (Wildman–Crippen MR) is 99.2 cm³/mol. The second kappa shape index (κ2) is 6.89. The molecule has 0 spiro atoms. The lowest BCUT2D eigenvalue weighted by molar-refractivity contribution is -0.112. The average Bonchev–Trinajstić information content (AvgIpc) is 2.62. The number of nitrogens with zero attached hydrogens (tertiary/aromatic N) is 2. The summed E-state index contributed by atoms with van der Waals surface area (Å²) in [4.78, 5) is 27.4. The van der Waals surface area contributed by atoms with Crippen LogP contribution in [0.4, 0.5) is 0 Å². The molecule has 2 aliphatic heterocycles. The molecule has 2 aliphatic rings. The highest BCUT2D eigenvalue weighted by molar-refractivity contribution is 9.10. The summed E-state index contributed by atoms with van der Waals surface area (Å²) in [7, 11) is 0. The number of hydrogen-bond donors (Lipinski definition) is 0. The summed E-state index contributed by atoms with van der Waals surface area (Å²) in [6, 6.07) is 9.03. The van der Waals surface area contributed by atoms with Crippen LogP contribution in [-0.2, 0) is 17.9 Å². The SMILES string of the molecule is [2H]C1([2H])C[C@@H](C)N2C(=O)c3c(OCc4ccccc4)c(=O)c(Br)cn3C[C@@H]2O1. The first-order valence-corrected chi connectivity index (χ1v) is 9.16. The number of pyridine rings is 1. The number of ether oxygens (including phenoxy) is 2. The predicted octanol–water partition coefficient (Wildman–Crippen LogP) is 2.78. The molecule has 0 radical (unpaired) electrons. The van der Waals surface area contributed by atoms with E-state index in [9.17, 15) is 9.59 Å². The Hall–Kier alpha value is -2.12. The van der Waals surface area contributed by atoms with Crippen LogP contribution in [0.2, 0.25) is 0 Å². The second-order valence-corrected chi connectivity index (χ2v) is 7.25. The third-order valence-corrected chi connectivity index (χ3v) is 5.16. The van der Waals surface area contributed by atoms with Gasteiger partial charge in [-0.25, -0.2) is 0 Å². The Morgan fingerprint density at radius 3 is 2.88 bits per heavy atom. The molecular formula is C19H19BrN2O4. The summed E-state index contributed by atoms with van der Waals surface area (Å²) in [5.74, 6) is -0.408. The van der Waals surface area contributed by atoms with Crippen LogP contribution in [0.15, 0.2) is 45.8 Å². The van der Waals surface area contributed by atoms with Crippen molar-refractivity contribution in [3.63, 3.8) is 0 Å². The highest BCUT2D eigenvalue weighted by Gasteiger charge is 2.40. The van der Waals surface area contributed by atoms with Crippen LogP contribution in [0, 0.1) is 0 Å². The number of amides is 1. The maximum absolute atomic E-state index is 13.2. The fourth-order valence-electron chi connectivity index (χ4n) is 3.28. The summed E-state index contributed by atoms with van der Waals surface area (Å²) in [6.07, 6.45) is 0.853. The Kier molecular flexibility index (Phi) is 3.97. The van der Waals surface area contributed by atoms with Crippen LogP contribution in [0.25, 0.3) is 0 Å². The van der Waals surface area contributed by atoms with Gasteiger partial charge in [-0.05, 0) is 34.8 Å². The van der Waals surface area contributed by atoms with Gasteiger partial charge in [-0.2, -0.15) is 0 Å². The first kappa shape index (κ1) is 15.0. The molecule has 0 unspecified atom stereocenters. The van der Waals surface area contributed by atoms with E-state index < -0.39 is 24.1 Å². The third-order valence-electron chi connectivity index (χ3n) is 4.59. The fourth-order valence-corrected chi connectivity index (χ4v) is 3.71. The maximum Gasteiger partial charge on any atom is 0.276 e. The van der Waals surface area contributed by atoms with E-state index >= 15 is 0 Å². The van der Waals surface area contributed by atoms with Gasteiger partial charge in [0.05, 0.1) is 20.3 Å². The summed E-state index contributed by atoms with van der Waals surface area (Å²) < 4.78 is 29.0.